The highest BCUT2D eigenvalue weighted by Crippen LogP contribution is 2.28. The molecular weight excluding hydrogens is 266 g/mol. The van der Waals surface area contributed by atoms with Crippen molar-refractivity contribution >= 4 is 0 Å². The Morgan fingerprint density at radius 2 is 1.27 bits per heavy atom. The van der Waals surface area contributed by atoms with Gasteiger partial charge in [-0.25, -0.2) is 0 Å². The minimum atomic E-state index is -3.71. The number of rotatable bonds is 7. The van der Waals surface area contributed by atoms with Crippen molar-refractivity contribution in [3.05, 3.63) is 71.8 Å². The Kier molecular flexibility index (Phi) is 2.27. The smallest absolute Gasteiger partial charge is 0.0461 e. The monoisotopic (exact) mass is 309 g/mol. The highest BCUT2D eigenvalue weighted by atomic mass is 15.2. The van der Waals surface area contributed by atoms with Gasteiger partial charge in [-0.1, -0.05) is 60.7 Å². The summed E-state index contributed by atoms with van der Waals surface area (Å²) in [4.78, 5) is 0.0406. The molecule has 22 heavy (non-hydrogen) atoms. The second-order valence-corrected chi connectivity index (χ2v) is 5.01. The summed E-state index contributed by atoms with van der Waals surface area (Å²) in [5.74, 6) is -0.537. The van der Waals surface area contributed by atoms with Gasteiger partial charge in [-0.2, -0.15) is 0 Å². The van der Waals surface area contributed by atoms with Crippen molar-refractivity contribution in [3.8, 4) is 0 Å². The van der Waals surface area contributed by atoms with E-state index in [-0.39, 0.29) is 11.3 Å². The third-order valence-corrected chi connectivity index (χ3v) is 3.59. The van der Waals surface area contributed by atoms with Gasteiger partial charge in [-0.15, -0.1) is 0 Å². The summed E-state index contributed by atoms with van der Waals surface area (Å²) >= 11 is 0. The molecule has 0 amide bonds. The summed E-state index contributed by atoms with van der Waals surface area (Å²) < 4.78 is 112. The van der Waals surface area contributed by atoms with Gasteiger partial charge in [0.15, 0.2) is 0 Å². The van der Waals surface area contributed by atoms with Crippen LogP contribution in [0, 0.1) is 0 Å². The number of benzene rings is 2. The van der Waals surface area contributed by atoms with Gasteiger partial charge >= 0.3 is 0 Å². The fourth-order valence-electron chi connectivity index (χ4n) is 2.49. The second-order valence-electron chi connectivity index (χ2n) is 5.01. The van der Waals surface area contributed by atoms with Crippen molar-refractivity contribution in [1.29, 1.82) is 0 Å². The molecule has 0 heterocycles. The molecule has 0 aliphatic heterocycles. The van der Waals surface area contributed by atoms with Crippen molar-refractivity contribution in [1.82, 2.24) is 4.90 Å². The molecule has 0 aromatic heterocycles. The molecule has 0 bridgehead atoms. The van der Waals surface area contributed by atoms with Crippen LogP contribution in [-0.4, -0.2) is 23.5 Å². The lowest BCUT2D eigenvalue weighted by Gasteiger charge is -2.32. The maximum Gasteiger partial charge on any atom is 0.0461 e. The SMILES string of the molecule is [2H]C([2H])([2H])C([2H])(N(CCC(c1ccccc1)c1ccccc1)C([2H])(C([2H])([2H])[2H])C([2H])([2H])[2H])C([2H])([2H])[2H]. The largest absolute Gasteiger partial charge is 0.299 e. The van der Waals surface area contributed by atoms with Gasteiger partial charge in [0, 0.05) is 37.1 Å². The molecule has 2 aromatic rings. The van der Waals surface area contributed by atoms with Crippen molar-refractivity contribution in [2.45, 2.75) is 51.8 Å². The fourth-order valence-corrected chi connectivity index (χ4v) is 2.49. The van der Waals surface area contributed by atoms with Crippen molar-refractivity contribution in [2.24, 2.45) is 0 Å². The van der Waals surface area contributed by atoms with Gasteiger partial charge in [0.2, 0.25) is 0 Å². The highest BCUT2D eigenvalue weighted by molar-refractivity contribution is 5.32. The van der Waals surface area contributed by atoms with Gasteiger partial charge in [0.1, 0.15) is 0 Å². The van der Waals surface area contributed by atoms with E-state index in [0.29, 0.717) is 0 Å². The molecule has 0 radical (unpaired) electrons. The van der Waals surface area contributed by atoms with E-state index in [1.54, 1.807) is 60.7 Å². The number of hydrogen-bond donors (Lipinski definition) is 0. The van der Waals surface area contributed by atoms with Crippen LogP contribution in [0.25, 0.3) is 0 Å². The van der Waals surface area contributed by atoms with Crippen LogP contribution in [0.1, 0.15) is 70.1 Å². The Hall–Kier alpha value is -1.60. The van der Waals surface area contributed by atoms with E-state index >= 15 is 0 Å². The van der Waals surface area contributed by atoms with Crippen molar-refractivity contribution in [3.63, 3.8) is 0 Å². The molecule has 0 aliphatic carbocycles. The first-order valence-electron chi connectivity index (χ1n) is 14.1. The molecule has 0 saturated heterocycles. The predicted octanol–water partition coefficient (Wildman–Crippen LogP) is 5.33. The highest BCUT2D eigenvalue weighted by Gasteiger charge is 2.18. The average molecular weight is 310 g/mol. The van der Waals surface area contributed by atoms with Gasteiger partial charge in [0.05, 0.1) is 0 Å². The molecule has 0 atom stereocenters. The lowest BCUT2D eigenvalue weighted by atomic mass is 9.88. The lowest BCUT2D eigenvalue weighted by molar-refractivity contribution is 0.170. The average Bonchev–Trinajstić information content (AvgIpc) is 2.74. The van der Waals surface area contributed by atoms with Crippen molar-refractivity contribution < 1.29 is 19.2 Å². The molecule has 1 nitrogen and oxygen atoms in total. The quantitative estimate of drug-likeness (QED) is 0.668. The first-order valence-corrected chi connectivity index (χ1v) is 7.07. The summed E-state index contributed by atoms with van der Waals surface area (Å²) in [6.07, 6.45) is -0.159. The zero-order valence-electron chi connectivity index (χ0n) is 26.2. The minimum absolute atomic E-state index is 0.0406. The molecule has 2 aromatic carbocycles. The standard InChI is InChI=1S/C21H29N/c1-17(2)22(18(3)4)16-15-21(19-11-7-5-8-12-19)20-13-9-6-10-14-20/h5-14,17-18,21H,15-16H2,1-4H3/i1D3,2D3,3D3,4D3,17D,18D. The second kappa shape index (κ2) is 8.14. The first kappa shape index (κ1) is 6.13. The first-order chi connectivity index (χ1) is 16.2. The zero-order valence-corrected chi connectivity index (χ0v) is 12.2. The van der Waals surface area contributed by atoms with E-state index in [2.05, 4.69) is 0 Å². The van der Waals surface area contributed by atoms with Crippen LogP contribution < -0.4 is 0 Å². The molecule has 0 saturated carbocycles. The van der Waals surface area contributed by atoms with Crippen LogP contribution in [0.15, 0.2) is 60.7 Å². The Balaban J connectivity index is 2.77. The van der Waals surface area contributed by atoms with Crippen LogP contribution in [0.5, 0.6) is 0 Å². The molecule has 0 unspecified atom stereocenters. The lowest BCUT2D eigenvalue weighted by Crippen LogP contribution is -2.38. The molecule has 0 N–H and O–H groups in total. The van der Waals surface area contributed by atoms with Crippen LogP contribution in [0.4, 0.5) is 0 Å². The Morgan fingerprint density at radius 1 is 0.818 bits per heavy atom. The summed E-state index contributed by atoms with van der Waals surface area (Å²) in [6, 6.07) is 10.2. The molecule has 0 fully saturated rings. The van der Waals surface area contributed by atoms with E-state index in [4.69, 9.17) is 19.2 Å². The predicted molar refractivity (Wildman–Crippen MR) is 96.3 cm³/mol. The van der Waals surface area contributed by atoms with Crippen molar-refractivity contribution in [2.75, 3.05) is 6.54 Å². The topological polar surface area (TPSA) is 3.24 Å². The van der Waals surface area contributed by atoms with Crippen LogP contribution >= 0.6 is 0 Å². The molecule has 1 heteroatoms. The van der Waals surface area contributed by atoms with E-state index in [0.717, 1.165) is 11.1 Å². The Morgan fingerprint density at radius 3 is 1.68 bits per heavy atom. The van der Waals surface area contributed by atoms with E-state index in [1.165, 1.54) is 0 Å². The molecule has 0 aliphatic rings. The molecule has 118 valence electrons. The summed E-state index contributed by atoms with van der Waals surface area (Å²) in [5, 5.41) is 0. The number of nitrogens with zero attached hydrogens (tertiary/aromatic N) is 1. The summed E-state index contributed by atoms with van der Waals surface area (Å²) in [5.41, 5.74) is 1.45. The summed E-state index contributed by atoms with van der Waals surface area (Å²) in [6.45, 7) is -15.5. The van der Waals surface area contributed by atoms with Gasteiger partial charge in [0.25, 0.3) is 0 Å². The maximum absolute atomic E-state index is 8.63. The fraction of sp³-hybridized carbons (Fsp3) is 0.429. The van der Waals surface area contributed by atoms with Crippen LogP contribution in [0.3, 0.4) is 0 Å². The van der Waals surface area contributed by atoms with E-state index in [1.807, 2.05) is 0 Å². The van der Waals surface area contributed by atoms with Gasteiger partial charge in [-0.05, 0) is 51.5 Å². The maximum atomic E-state index is 8.63. The normalized spacial score (nSPS) is 24.5. The van der Waals surface area contributed by atoms with E-state index < -0.39 is 51.9 Å². The molecule has 2 rings (SSSR count). The van der Waals surface area contributed by atoms with Gasteiger partial charge in [-0.3, -0.25) is 4.90 Å². The van der Waals surface area contributed by atoms with Gasteiger partial charge < -0.3 is 0 Å². The van der Waals surface area contributed by atoms with Crippen LogP contribution in [-0.2, 0) is 0 Å². The van der Waals surface area contributed by atoms with E-state index in [9.17, 15) is 0 Å². The minimum Gasteiger partial charge on any atom is -0.299 e. The van der Waals surface area contributed by atoms with Crippen LogP contribution in [0.2, 0.25) is 0 Å². The third-order valence-electron chi connectivity index (χ3n) is 3.59. The summed E-state index contributed by atoms with van der Waals surface area (Å²) in [7, 11) is 0. The third kappa shape index (κ3) is 4.45. The molecular formula is C21H29N. The Bertz CT molecular complexity index is 871. The molecule has 0 spiro atoms. The zero-order chi connectivity index (χ0) is 27.8. The number of hydrogen-bond acceptors (Lipinski definition) is 1. The Labute approximate surface area is 155 Å².